The first-order valence-electron chi connectivity index (χ1n) is 11.3. The van der Waals surface area contributed by atoms with Gasteiger partial charge in [-0.3, -0.25) is 4.79 Å². The van der Waals surface area contributed by atoms with Crippen LogP contribution in [0, 0.1) is 5.92 Å². The molecular weight excluding hydrogens is 332 g/mol. The van der Waals surface area contributed by atoms with Crippen LogP contribution in [0.15, 0.2) is 18.2 Å². The molecule has 1 aromatic carbocycles. The van der Waals surface area contributed by atoms with Crippen LogP contribution in [-0.2, 0) is 17.6 Å². The predicted molar refractivity (Wildman–Crippen MR) is 114 cm³/mol. The van der Waals surface area contributed by atoms with E-state index in [0.717, 1.165) is 50.3 Å². The number of benzene rings is 1. The van der Waals surface area contributed by atoms with Crippen LogP contribution >= 0.6 is 0 Å². The average molecular weight is 371 g/mol. The maximum absolute atomic E-state index is 12.9. The van der Waals surface area contributed by atoms with Crippen LogP contribution in [0.2, 0.25) is 0 Å². The lowest BCUT2D eigenvalue weighted by molar-refractivity contribution is -0.119. The standard InChI is InChI=1S/C24H38N2O/c1-2-3-11-22(25)18-20-12-14-23-21(17-20)10-7-16-26(23)24(27)15-13-19-8-5-4-6-9-19/h12,14,17,19,22H,2-11,13,15-16,18,25H2,1H3. The average Bonchev–Trinajstić information content (AvgIpc) is 2.70. The van der Waals surface area contributed by atoms with E-state index in [9.17, 15) is 4.79 Å². The zero-order valence-corrected chi connectivity index (χ0v) is 17.2. The summed E-state index contributed by atoms with van der Waals surface area (Å²) in [6.45, 7) is 3.09. The molecule has 0 bridgehead atoms. The topological polar surface area (TPSA) is 46.3 Å². The molecule has 1 amide bonds. The van der Waals surface area contributed by atoms with Crippen molar-refractivity contribution in [2.45, 2.75) is 96.4 Å². The molecule has 1 saturated carbocycles. The number of nitrogens with two attached hydrogens (primary N) is 1. The molecule has 0 spiro atoms. The monoisotopic (exact) mass is 370 g/mol. The minimum atomic E-state index is 0.250. The van der Waals surface area contributed by atoms with E-state index in [0.29, 0.717) is 12.3 Å². The van der Waals surface area contributed by atoms with Crippen molar-refractivity contribution in [3.8, 4) is 0 Å². The first-order valence-corrected chi connectivity index (χ1v) is 11.3. The number of nitrogens with zero attached hydrogens (tertiary/aromatic N) is 1. The van der Waals surface area contributed by atoms with Gasteiger partial charge in [-0.25, -0.2) is 0 Å². The highest BCUT2D eigenvalue weighted by Gasteiger charge is 2.24. The first-order chi connectivity index (χ1) is 13.2. The van der Waals surface area contributed by atoms with Gasteiger partial charge in [-0.1, -0.05) is 64.0 Å². The number of fused-ring (bicyclic) bond motifs is 1. The van der Waals surface area contributed by atoms with Crippen LogP contribution in [0.25, 0.3) is 0 Å². The zero-order valence-electron chi connectivity index (χ0n) is 17.2. The van der Waals surface area contributed by atoms with Gasteiger partial charge in [0.2, 0.25) is 5.91 Å². The second-order valence-corrected chi connectivity index (χ2v) is 8.76. The summed E-state index contributed by atoms with van der Waals surface area (Å²) in [5.74, 6) is 1.10. The van der Waals surface area contributed by atoms with Gasteiger partial charge in [0.1, 0.15) is 0 Å². The van der Waals surface area contributed by atoms with Crippen molar-refractivity contribution in [3.05, 3.63) is 29.3 Å². The van der Waals surface area contributed by atoms with Crippen LogP contribution < -0.4 is 10.6 Å². The van der Waals surface area contributed by atoms with E-state index in [1.165, 1.54) is 56.1 Å². The number of carbonyl (C=O) groups is 1. The van der Waals surface area contributed by atoms with Gasteiger partial charge in [-0.05, 0) is 55.2 Å². The summed E-state index contributed by atoms with van der Waals surface area (Å²) in [6.07, 6.45) is 15.2. The lowest BCUT2D eigenvalue weighted by atomic mass is 9.86. The third kappa shape index (κ3) is 5.81. The maximum atomic E-state index is 12.9. The van der Waals surface area contributed by atoms with Crippen molar-refractivity contribution < 1.29 is 4.79 Å². The molecule has 3 nitrogen and oxygen atoms in total. The van der Waals surface area contributed by atoms with Crippen molar-refractivity contribution in [2.24, 2.45) is 11.7 Å². The minimum Gasteiger partial charge on any atom is -0.327 e. The highest BCUT2D eigenvalue weighted by Crippen LogP contribution is 2.31. The van der Waals surface area contributed by atoms with E-state index in [1.807, 2.05) is 0 Å². The Morgan fingerprint density at radius 3 is 2.81 bits per heavy atom. The molecule has 1 unspecified atom stereocenters. The molecular formula is C24H38N2O. The van der Waals surface area contributed by atoms with Crippen molar-refractivity contribution >= 4 is 11.6 Å². The molecule has 1 aliphatic carbocycles. The highest BCUT2D eigenvalue weighted by molar-refractivity contribution is 5.94. The van der Waals surface area contributed by atoms with Crippen molar-refractivity contribution in [2.75, 3.05) is 11.4 Å². The molecule has 27 heavy (non-hydrogen) atoms. The van der Waals surface area contributed by atoms with Gasteiger partial charge in [0.05, 0.1) is 0 Å². The lowest BCUT2D eigenvalue weighted by Gasteiger charge is -2.31. The molecule has 0 aromatic heterocycles. The van der Waals surface area contributed by atoms with E-state index >= 15 is 0 Å². The molecule has 0 radical (unpaired) electrons. The van der Waals surface area contributed by atoms with Crippen molar-refractivity contribution in [1.82, 2.24) is 0 Å². The van der Waals surface area contributed by atoms with Gasteiger partial charge in [-0.15, -0.1) is 0 Å². The predicted octanol–water partition coefficient (Wildman–Crippen LogP) is 5.39. The van der Waals surface area contributed by atoms with Crippen LogP contribution in [0.1, 0.15) is 88.7 Å². The van der Waals surface area contributed by atoms with Crippen LogP contribution in [-0.4, -0.2) is 18.5 Å². The summed E-state index contributed by atoms with van der Waals surface area (Å²) in [6, 6.07) is 6.92. The number of hydrogen-bond donors (Lipinski definition) is 1. The number of unbranched alkanes of at least 4 members (excludes halogenated alkanes) is 1. The number of anilines is 1. The normalized spacial score (nSPS) is 19.0. The molecule has 2 aliphatic rings. The smallest absolute Gasteiger partial charge is 0.226 e. The minimum absolute atomic E-state index is 0.250. The molecule has 0 saturated heterocycles. The second-order valence-electron chi connectivity index (χ2n) is 8.76. The van der Waals surface area contributed by atoms with E-state index < -0.39 is 0 Å². The second kappa shape index (κ2) is 10.3. The SMILES string of the molecule is CCCCC(N)Cc1ccc2c(c1)CCCN2C(=O)CCC1CCCCC1. The van der Waals surface area contributed by atoms with E-state index in [1.54, 1.807) is 0 Å². The Labute approximate surface area is 165 Å². The molecule has 3 heteroatoms. The Bertz CT molecular complexity index is 606. The van der Waals surface area contributed by atoms with Crippen LogP contribution in [0.5, 0.6) is 0 Å². The van der Waals surface area contributed by atoms with E-state index in [2.05, 4.69) is 30.0 Å². The Hall–Kier alpha value is -1.35. The highest BCUT2D eigenvalue weighted by atomic mass is 16.2. The fourth-order valence-electron chi connectivity index (χ4n) is 4.85. The maximum Gasteiger partial charge on any atom is 0.226 e. The molecule has 2 N–H and O–H groups in total. The van der Waals surface area contributed by atoms with Gasteiger partial charge < -0.3 is 10.6 Å². The lowest BCUT2D eigenvalue weighted by Crippen LogP contribution is -2.35. The summed E-state index contributed by atoms with van der Waals surface area (Å²) in [5, 5.41) is 0. The van der Waals surface area contributed by atoms with E-state index in [4.69, 9.17) is 5.73 Å². The Morgan fingerprint density at radius 1 is 1.22 bits per heavy atom. The molecule has 1 aromatic rings. The Morgan fingerprint density at radius 2 is 2.04 bits per heavy atom. The molecule has 1 aliphatic heterocycles. The molecule has 150 valence electrons. The van der Waals surface area contributed by atoms with Gasteiger partial charge in [-0.2, -0.15) is 0 Å². The van der Waals surface area contributed by atoms with Gasteiger partial charge in [0, 0.05) is 24.7 Å². The van der Waals surface area contributed by atoms with Crippen LogP contribution in [0.3, 0.4) is 0 Å². The molecule has 1 heterocycles. The summed E-state index contributed by atoms with van der Waals surface area (Å²) in [4.78, 5) is 14.9. The Kier molecular flexibility index (Phi) is 7.75. The quantitative estimate of drug-likeness (QED) is 0.667. The third-order valence-electron chi connectivity index (χ3n) is 6.48. The van der Waals surface area contributed by atoms with Gasteiger partial charge in [0.15, 0.2) is 0 Å². The van der Waals surface area contributed by atoms with E-state index in [-0.39, 0.29) is 6.04 Å². The number of hydrogen-bond acceptors (Lipinski definition) is 2. The third-order valence-corrected chi connectivity index (χ3v) is 6.48. The molecule has 1 fully saturated rings. The fourth-order valence-corrected chi connectivity index (χ4v) is 4.85. The molecule has 1 atom stereocenters. The summed E-state index contributed by atoms with van der Waals surface area (Å²) in [5.41, 5.74) is 10.1. The summed E-state index contributed by atoms with van der Waals surface area (Å²) < 4.78 is 0. The number of aryl methyl sites for hydroxylation is 1. The first kappa shape index (κ1) is 20.4. The van der Waals surface area contributed by atoms with Crippen molar-refractivity contribution in [3.63, 3.8) is 0 Å². The van der Waals surface area contributed by atoms with Gasteiger partial charge in [0.25, 0.3) is 0 Å². The Balaban J connectivity index is 1.59. The number of carbonyl (C=O) groups excluding carboxylic acids is 1. The summed E-state index contributed by atoms with van der Waals surface area (Å²) >= 11 is 0. The fraction of sp³-hybridized carbons (Fsp3) is 0.708. The number of amides is 1. The molecule has 3 rings (SSSR count). The zero-order chi connectivity index (χ0) is 19.1. The summed E-state index contributed by atoms with van der Waals surface area (Å²) in [7, 11) is 0. The number of rotatable bonds is 8. The van der Waals surface area contributed by atoms with Crippen LogP contribution in [0.4, 0.5) is 5.69 Å². The van der Waals surface area contributed by atoms with Crippen molar-refractivity contribution in [1.29, 1.82) is 0 Å². The largest absolute Gasteiger partial charge is 0.327 e. The van der Waals surface area contributed by atoms with Gasteiger partial charge >= 0.3 is 0 Å².